The van der Waals surface area contributed by atoms with E-state index in [1.54, 1.807) is 12.1 Å². The molecule has 0 saturated heterocycles. The largest absolute Gasteiger partial charge is 0.621 e. The maximum atomic E-state index is 12.4. The van der Waals surface area contributed by atoms with Gasteiger partial charge >= 0.3 is 11.9 Å². The summed E-state index contributed by atoms with van der Waals surface area (Å²) in [7, 11) is 3.65. The smallest absolute Gasteiger partial charge is 0.345 e. The van der Waals surface area contributed by atoms with Gasteiger partial charge in [0.2, 0.25) is 5.71 Å². The van der Waals surface area contributed by atoms with E-state index < -0.39 is 23.7 Å². The van der Waals surface area contributed by atoms with Crippen LogP contribution in [-0.2, 0) is 24.0 Å². The van der Waals surface area contributed by atoms with Gasteiger partial charge in [-0.2, -0.15) is 9.63 Å². The Hall–Kier alpha value is -2.91. The second-order valence-electron chi connectivity index (χ2n) is 4.69. The number of carbonyl (C=O) groups is 2. The first-order valence-electron chi connectivity index (χ1n) is 7.05. The molecule has 0 aromatic heterocycles. The Morgan fingerprint density at radius 2 is 1.64 bits per heavy atom. The molecule has 0 fully saturated rings. The van der Waals surface area contributed by atoms with Gasteiger partial charge in [-0.15, -0.1) is 0 Å². The van der Waals surface area contributed by atoms with Crippen molar-refractivity contribution in [3.63, 3.8) is 0 Å². The standard InChI is InChI=1S/C16H19NO8/c1-10(25-21)17(20)14(11-5-7-12(22-2)8-6-11)9-13(15(18)23-3)16(19)24-4/h5-10,21H,1-4H3/b17-14-. The summed E-state index contributed by atoms with van der Waals surface area (Å²) in [6, 6.07) is 6.23. The fraction of sp³-hybridized carbons (Fsp3) is 0.312. The number of esters is 2. The quantitative estimate of drug-likeness (QED) is 0.0740. The number of hydrogen-bond acceptors (Lipinski definition) is 8. The lowest BCUT2D eigenvalue weighted by Crippen LogP contribution is -2.28. The zero-order valence-electron chi connectivity index (χ0n) is 14.2. The van der Waals surface area contributed by atoms with Crippen molar-refractivity contribution >= 4 is 17.7 Å². The summed E-state index contributed by atoms with van der Waals surface area (Å²) in [5.41, 5.74) is -0.290. The third kappa shape index (κ3) is 5.03. The topological polar surface area (TPSA) is 117 Å². The minimum Gasteiger partial charge on any atom is -0.621 e. The lowest BCUT2D eigenvalue weighted by Gasteiger charge is -2.14. The zero-order chi connectivity index (χ0) is 19.0. The van der Waals surface area contributed by atoms with E-state index in [1.807, 2.05) is 0 Å². The van der Waals surface area contributed by atoms with Crippen molar-refractivity contribution in [1.29, 1.82) is 0 Å². The third-order valence-electron chi connectivity index (χ3n) is 3.20. The van der Waals surface area contributed by atoms with Crippen molar-refractivity contribution in [1.82, 2.24) is 0 Å². The molecule has 9 nitrogen and oxygen atoms in total. The number of hydroxylamine groups is 1. The Morgan fingerprint density at radius 1 is 1.12 bits per heavy atom. The molecule has 0 saturated carbocycles. The Kier molecular flexibility index (Phi) is 7.57. The molecule has 9 heteroatoms. The van der Waals surface area contributed by atoms with Crippen LogP contribution in [0, 0.1) is 5.21 Å². The number of methoxy groups -OCH3 is 3. The van der Waals surface area contributed by atoms with E-state index in [4.69, 9.17) is 9.99 Å². The molecule has 136 valence electrons. The molecule has 1 aromatic carbocycles. The number of hydrogen-bond donors (Lipinski definition) is 1. The Balaban J connectivity index is 3.56. The zero-order valence-corrected chi connectivity index (χ0v) is 14.2. The molecular weight excluding hydrogens is 334 g/mol. The maximum Gasteiger partial charge on any atom is 0.345 e. The monoisotopic (exact) mass is 353 g/mol. The SMILES string of the molecule is COC(=O)C(=C/C(c1ccc(OC)cc1)=[N+](/[O-])C(C)OO)C(=O)OC. The first-order chi connectivity index (χ1) is 11.9. The molecular formula is C16H19NO8. The van der Waals surface area contributed by atoms with Crippen LogP contribution in [0.4, 0.5) is 0 Å². The molecule has 0 heterocycles. The van der Waals surface area contributed by atoms with Crippen LogP contribution >= 0.6 is 0 Å². The lowest BCUT2D eigenvalue weighted by atomic mass is 10.1. The van der Waals surface area contributed by atoms with Gasteiger partial charge in [0.15, 0.2) is 5.57 Å². The molecule has 0 aliphatic rings. The average molecular weight is 353 g/mol. The molecule has 0 amide bonds. The highest BCUT2D eigenvalue weighted by molar-refractivity contribution is 6.20. The van der Waals surface area contributed by atoms with Crippen LogP contribution in [0.3, 0.4) is 0 Å². The van der Waals surface area contributed by atoms with E-state index in [0.29, 0.717) is 11.3 Å². The molecule has 0 radical (unpaired) electrons. The number of allylic oxidation sites excluding steroid dienone is 1. The van der Waals surface area contributed by atoms with Crippen LogP contribution in [0.2, 0.25) is 0 Å². The molecule has 0 bridgehead atoms. The molecule has 25 heavy (non-hydrogen) atoms. The average Bonchev–Trinajstić information content (AvgIpc) is 2.66. The predicted octanol–water partition coefficient (Wildman–Crippen LogP) is 1.10. The summed E-state index contributed by atoms with van der Waals surface area (Å²) in [6.45, 7) is 1.28. The van der Waals surface area contributed by atoms with Gasteiger partial charge in [0.05, 0.1) is 21.3 Å². The molecule has 1 aromatic rings. The number of carbonyl (C=O) groups excluding carboxylic acids is 2. The van der Waals surface area contributed by atoms with Crippen LogP contribution in [0.25, 0.3) is 0 Å². The predicted molar refractivity (Wildman–Crippen MR) is 86.0 cm³/mol. The first-order valence-corrected chi connectivity index (χ1v) is 7.05. The number of benzene rings is 1. The third-order valence-corrected chi connectivity index (χ3v) is 3.20. The summed E-state index contributed by atoms with van der Waals surface area (Å²) >= 11 is 0. The molecule has 0 spiro atoms. The minimum absolute atomic E-state index is 0.130. The molecule has 1 atom stereocenters. The van der Waals surface area contributed by atoms with Crippen LogP contribution in [-0.4, -0.2) is 55.2 Å². The van der Waals surface area contributed by atoms with E-state index in [-0.39, 0.29) is 10.5 Å². The fourth-order valence-corrected chi connectivity index (χ4v) is 1.83. The van der Waals surface area contributed by atoms with Crippen LogP contribution < -0.4 is 4.74 Å². The van der Waals surface area contributed by atoms with Gasteiger partial charge in [-0.3, -0.25) is 0 Å². The first kappa shape index (κ1) is 20.1. The van der Waals surface area contributed by atoms with Crippen molar-refractivity contribution in [2.45, 2.75) is 13.2 Å². The van der Waals surface area contributed by atoms with Gasteiger partial charge in [0.1, 0.15) is 5.75 Å². The van der Waals surface area contributed by atoms with Gasteiger partial charge in [-0.25, -0.2) is 14.8 Å². The van der Waals surface area contributed by atoms with Gasteiger partial charge in [-0.1, -0.05) is 0 Å². The van der Waals surface area contributed by atoms with E-state index in [1.165, 1.54) is 26.2 Å². The van der Waals surface area contributed by atoms with Crippen molar-refractivity contribution in [2.24, 2.45) is 0 Å². The second-order valence-corrected chi connectivity index (χ2v) is 4.69. The Labute approximate surface area is 144 Å². The minimum atomic E-state index is -1.30. The summed E-state index contributed by atoms with van der Waals surface area (Å²) in [5, 5.41) is 21.2. The molecule has 0 aliphatic carbocycles. The number of ether oxygens (including phenoxy) is 3. The summed E-state index contributed by atoms with van der Waals surface area (Å²) in [6.07, 6.45) is -0.299. The summed E-state index contributed by atoms with van der Waals surface area (Å²) in [5.74, 6) is -1.43. The van der Waals surface area contributed by atoms with E-state index >= 15 is 0 Å². The highest BCUT2D eigenvalue weighted by Gasteiger charge is 2.25. The normalized spacial score (nSPS) is 12.5. The van der Waals surface area contributed by atoms with Gasteiger partial charge in [0, 0.05) is 18.6 Å². The van der Waals surface area contributed by atoms with Gasteiger partial charge in [0.25, 0.3) is 6.23 Å². The molecule has 0 aliphatic heterocycles. The highest BCUT2D eigenvalue weighted by atomic mass is 17.1. The highest BCUT2D eigenvalue weighted by Crippen LogP contribution is 2.15. The van der Waals surface area contributed by atoms with Crippen molar-refractivity contribution in [2.75, 3.05) is 21.3 Å². The molecule has 1 unspecified atom stereocenters. The molecule has 1 N–H and O–H groups in total. The van der Waals surface area contributed by atoms with Gasteiger partial charge < -0.3 is 19.4 Å². The number of nitrogens with zero attached hydrogens (tertiary/aromatic N) is 1. The molecule has 1 rings (SSSR count). The maximum absolute atomic E-state index is 12.4. The summed E-state index contributed by atoms with van der Waals surface area (Å²) in [4.78, 5) is 27.7. The van der Waals surface area contributed by atoms with Crippen molar-refractivity contribution in [3.05, 3.63) is 46.7 Å². The van der Waals surface area contributed by atoms with Crippen molar-refractivity contribution < 1.29 is 38.7 Å². The van der Waals surface area contributed by atoms with E-state index in [0.717, 1.165) is 20.3 Å². The van der Waals surface area contributed by atoms with Crippen LogP contribution in [0.15, 0.2) is 35.9 Å². The second kappa shape index (κ2) is 9.40. The number of rotatable bonds is 7. The van der Waals surface area contributed by atoms with Crippen LogP contribution in [0.1, 0.15) is 12.5 Å². The van der Waals surface area contributed by atoms with Gasteiger partial charge in [-0.05, 0) is 24.3 Å². The van der Waals surface area contributed by atoms with E-state index in [9.17, 15) is 14.8 Å². The lowest BCUT2D eigenvalue weighted by molar-refractivity contribution is -0.595. The van der Waals surface area contributed by atoms with E-state index in [2.05, 4.69) is 14.4 Å². The Bertz CT molecular complexity index is 660. The Morgan fingerprint density at radius 3 is 2.04 bits per heavy atom. The van der Waals surface area contributed by atoms with Crippen LogP contribution in [0.5, 0.6) is 5.75 Å². The summed E-state index contributed by atoms with van der Waals surface area (Å²) < 4.78 is 14.4. The fourth-order valence-electron chi connectivity index (χ4n) is 1.83. The van der Waals surface area contributed by atoms with Crippen molar-refractivity contribution in [3.8, 4) is 5.75 Å².